The zero-order chi connectivity index (χ0) is 18.5. The van der Waals surface area contributed by atoms with Crippen LogP contribution in [0.2, 0.25) is 18.3 Å². The third-order valence-corrected chi connectivity index (χ3v) is 15.0. The summed E-state index contributed by atoms with van der Waals surface area (Å²) in [6.45, 7) is 6.54. The van der Waals surface area contributed by atoms with E-state index in [1.165, 1.54) is 57.8 Å². The Balaban J connectivity index is 4.34. The molecule has 0 spiro atoms. The van der Waals surface area contributed by atoms with Crippen LogP contribution in [0.1, 0.15) is 71.1 Å². The second-order valence-corrected chi connectivity index (χ2v) is 14.7. The van der Waals surface area contributed by atoms with Crippen LogP contribution in [0.15, 0.2) is 0 Å². The van der Waals surface area contributed by atoms with Crippen molar-refractivity contribution in [3.05, 3.63) is 0 Å². The van der Waals surface area contributed by atoms with Crippen LogP contribution >= 0.6 is 0 Å². The molecule has 0 bridgehead atoms. The Hall–Kier alpha value is 0.274. The summed E-state index contributed by atoms with van der Waals surface area (Å²) in [6, 6.07) is 0. The number of unbranched alkanes of at least 4 members (excludes halogenated alkanes) is 8. The number of hydrogen-bond acceptors (Lipinski definition) is 4. The first kappa shape index (κ1) is 24.3. The van der Waals surface area contributed by atoms with Crippen LogP contribution in [0, 0.1) is 0 Å². The van der Waals surface area contributed by atoms with E-state index in [9.17, 15) is 0 Å². The Morgan fingerprint density at radius 3 is 1.25 bits per heavy atom. The lowest BCUT2D eigenvalue weighted by Gasteiger charge is -2.40. The van der Waals surface area contributed by atoms with Gasteiger partial charge in [0.2, 0.25) is 0 Å². The zero-order valence-electron chi connectivity index (χ0n) is 17.3. The molecule has 0 N–H and O–H groups in total. The molecule has 24 heavy (non-hydrogen) atoms. The minimum atomic E-state index is -2.28. The monoisotopic (exact) mass is 378 g/mol. The Kier molecular flexibility index (Phi) is 13.6. The average Bonchev–Trinajstić information content (AvgIpc) is 2.62. The predicted octanol–water partition coefficient (Wildman–Crippen LogP) is 5.55. The van der Waals surface area contributed by atoms with Gasteiger partial charge in [0.05, 0.1) is 0 Å². The summed E-state index contributed by atoms with van der Waals surface area (Å²) in [5.74, 6) is 0. The highest BCUT2D eigenvalue weighted by Gasteiger charge is 2.53. The van der Waals surface area contributed by atoms with E-state index >= 15 is 0 Å². The van der Waals surface area contributed by atoms with Crippen molar-refractivity contribution >= 4 is 17.1 Å². The van der Waals surface area contributed by atoms with Gasteiger partial charge in [-0.2, -0.15) is 0 Å². The first-order valence-electron chi connectivity index (χ1n) is 9.64. The lowest BCUT2D eigenvalue weighted by molar-refractivity contribution is 0.206. The molecule has 0 fully saturated rings. The van der Waals surface area contributed by atoms with Gasteiger partial charge in [-0.3, -0.25) is 0 Å². The Morgan fingerprint density at radius 2 is 0.917 bits per heavy atom. The van der Waals surface area contributed by atoms with E-state index in [4.69, 9.17) is 17.7 Å². The van der Waals surface area contributed by atoms with E-state index in [1.807, 2.05) is 0 Å². The van der Waals surface area contributed by atoms with Gasteiger partial charge in [0, 0.05) is 33.6 Å². The van der Waals surface area contributed by atoms with Crippen molar-refractivity contribution in [3.63, 3.8) is 0 Å². The van der Waals surface area contributed by atoms with Crippen molar-refractivity contribution in [1.82, 2.24) is 0 Å². The van der Waals surface area contributed by atoms with Crippen molar-refractivity contribution in [2.45, 2.75) is 89.4 Å². The number of rotatable bonds is 16. The molecule has 0 saturated heterocycles. The van der Waals surface area contributed by atoms with Crippen molar-refractivity contribution in [2.24, 2.45) is 0 Å². The molecule has 0 aliphatic rings. The van der Waals surface area contributed by atoms with Crippen LogP contribution in [0.5, 0.6) is 0 Å². The average molecular weight is 379 g/mol. The normalized spacial score (nSPS) is 13.0. The van der Waals surface area contributed by atoms with Gasteiger partial charge in [0.15, 0.2) is 0 Å². The maximum Gasteiger partial charge on any atom is 0.339 e. The van der Waals surface area contributed by atoms with Crippen LogP contribution in [-0.2, 0) is 17.7 Å². The highest BCUT2D eigenvalue weighted by atomic mass is 28.4. The molecule has 0 unspecified atom stereocenters. The third-order valence-electron chi connectivity index (χ3n) is 5.48. The second kappa shape index (κ2) is 13.5. The highest BCUT2D eigenvalue weighted by Crippen LogP contribution is 2.38. The van der Waals surface area contributed by atoms with Gasteiger partial charge in [0.1, 0.15) is 0 Å². The fraction of sp³-hybridized carbons (Fsp3) is 1.00. The van der Waals surface area contributed by atoms with Gasteiger partial charge >= 0.3 is 17.1 Å². The SMILES string of the molecule is CCCCCCCCCCCC([Si](C)(OC)OC)[Si](C)(OC)OC. The molecular formula is C18H42O4Si2. The van der Waals surface area contributed by atoms with Gasteiger partial charge in [-0.25, -0.2) is 0 Å². The molecule has 0 aromatic rings. The van der Waals surface area contributed by atoms with E-state index in [-0.39, 0.29) is 5.16 Å². The smallest absolute Gasteiger partial charge is 0.339 e. The Bertz CT molecular complexity index is 277. The minimum absolute atomic E-state index is 0.277. The van der Waals surface area contributed by atoms with Crippen molar-refractivity contribution < 1.29 is 17.7 Å². The first-order chi connectivity index (χ1) is 11.4. The lowest BCUT2D eigenvalue weighted by atomic mass is 10.1. The quantitative estimate of drug-likeness (QED) is 0.261. The van der Waals surface area contributed by atoms with Gasteiger partial charge in [-0.05, 0) is 19.5 Å². The van der Waals surface area contributed by atoms with Gasteiger partial charge in [0.25, 0.3) is 0 Å². The Morgan fingerprint density at radius 1 is 0.583 bits per heavy atom. The summed E-state index contributed by atoms with van der Waals surface area (Å²) in [6.07, 6.45) is 13.1. The molecule has 146 valence electrons. The fourth-order valence-electron chi connectivity index (χ4n) is 3.40. The van der Waals surface area contributed by atoms with Gasteiger partial charge in [-0.1, -0.05) is 64.7 Å². The lowest BCUT2D eigenvalue weighted by Crippen LogP contribution is -2.56. The summed E-state index contributed by atoms with van der Waals surface area (Å²) in [4.78, 5) is 0. The zero-order valence-corrected chi connectivity index (χ0v) is 19.3. The van der Waals surface area contributed by atoms with Crippen molar-refractivity contribution in [3.8, 4) is 0 Å². The van der Waals surface area contributed by atoms with Crippen LogP contribution < -0.4 is 0 Å². The first-order valence-corrected chi connectivity index (χ1v) is 14.4. The second-order valence-electron chi connectivity index (χ2n) is 7.02. The molecule has 0 aliphatic carbocycles. The maximum absolute atomic E-state index is 5.82. The molecule has 0 saturated carbocycles. The minimum Gasteiger partial charge on any atom is -0.398 e. The summed E-state index contributed by atoms with van der Waals surface area (Å²) in [5, 5.41) is 0.277. The molecule has 0 aliphatic heterocycles. The predicted molar refractivity (Wildman–Crippen MR) is 107 cm³/mol. The number of hydrogen-bond donors (Lipinski definition) is 0. The van der Waals surface area contributed by atoms with Crippen LogP contribution in [0.4, 0.5) is 0 Å². The molecule has 0 amide bonds. The summed E-state index contributed by atoms with van der Waals surface area (Å²) < 4.78 is 23.3. The van der Waals surface area contributed by atoms with Crippen LogP contribution in [0.3, 0.4) is 0 Å². The largest absolute Gasteiger partial charge is 0.398 e. The van der Waals surface area contributed by atoms with E-state index in [2.05, 4.69) is 20.0 Å². The molecule has 0 atom stereocenters. The summed E-state index contributed by atoms with van der Waals surface area (Å²) in [5.41, 5.74) is 0. The highest BCUT2D eigenvalue weighted by molar-refractivity contribution is 6.87. The molecule has 0 aromatic carbocycles. The molecule has 0 heterocycles. The molecular weight excluding hydrogens is 336 g/mol. The molecule has 4 nitrogen and oxygen atoms in total. The van der Waals surface area contributed by atoms with Crippen LogP contribution in [0.25, 0.3) is 0 Å². The van der Waals surface area contributed by atoms with Gasteiger partial charge in [-0.15, -0.1) is 0 Å². The van der Waals surface area contributed by atoms with E-state index < -0.39 is 17.1 Å². The molecule has 0 aromatic heterocycles. The Labute approximate surface area is 153 Å². The van der Waals surface area contributed by atoms with E-state index in [1.54, 1.807) is 28.4 Å². The third kappa shape index (κ3) is 8.10. The molecule has 6 heteroatoms. The topological polar surface area (TPSA) is 36.9 Å². The van der Waals surface area contributed by atoms with Crippen LogP contribution in [-0.4, -0.2) is 45.6 Å². The maximum atomic E-state index is 5.82. The van der Waals surface area contributed by atoms with Crippen molar-refractivity contribution in [1.29, 1.82) is 0 Å². The summed E-state index contributed by atoms with van der Waals surface area (Å²) in [7, 11) is 2.49. The summed E-state index contributed by atoms with van der Waals surface area (Å²) >= 11 is 0. The van der Waals surface area contributed by atoms with Crippen molar-refractivity contribution in [2.75, 3.05) is 28.4 Å². The standard InChI is InChI=1S/C18H42O4Si2/c1-8-9-10-11-12-13-14-15-16-17-18(23(6,19-2)20-3)24(7,21-4)22-5/h18H,8-17H2,1-7H3. The van der Waals surface area contributed by atoms with E-state index in [0.717, 1.165) is 6.42 Å². The van der Waals surface area contributed by atoms with Gasteiger partial charge < -0.3 is 17.7 Å². The van der Waals surface area contributed by atoms with E-state index in [0.29, 0.717) is 0 Å². The fourth-order valence-corrected chi connectivity index (χ4v) is 11.5. The molecule has 0 rings (SSSR count). The molecule has 0 radical (unpaired) electrons.